The number of carbonyl (C=O) groups is 3. The Kier molecular flexibility index (Phi) is 11.7. The largest absolute Gasteiger partial charge is 0.504 e. The van der Waals surface area contributed by atoms with Gasteiger partial charge in [0, 0.05) is 11.6 Å². The van der Waals surface area contributed by atoms with E-state index in [4.69, 9.17) is 19.9 Å². The molecular formula is C28H37NO7. The molecular weight excluding hydrogens is 462 g/mol. The number of primary amides is 1. The first kappa shape index (κ1) is 30.2. The summed E-state index contributed by atoms with van der Waals surface area (Å²) < 4.78 is 15.7. The van der Waals surface area contributed by atoms with Gasteiger partial charge in [0.2, 0.25) is 5.91 Å². The summed E-state index contributed by atoms with van der Waals surface area (Å²) in [5.74, 6) is -0.974. The Morgan fingerprint density at radius 3 is 1.83 bits per heavy atom. The number of esters is 2. The Morgan fingerprint density at radius 2 is 1.36 bits per heavy atom. The summed E-state index contributed by atoms with van der Waals surface area (Å²) in [5.41, 5.74) is 5.49. The van der Waals surface area contributed by atoms with Gasteiger partial charge in [-0.05, 0) is 59.2 Å². The van der Waals surface area contributed by atoms with Gasteiger partial charge in [-0.3, -0.25) is 14.4 Å². The van der Waals surface area contributed by atoms with Crippen LogP contribution in [0.25, 0.3) is 6.08 Å². The lowest BCUT2D eigenvalue weighted by molar-refractivity contribution is -0.162. The molecule has 8 heteroatoms. The van der Waals surface area contributed by atoms with Crippen LogP contribution in [0.1, 0.15) is 65.5 Å². The van der Waals surface area contributed by atoms with E-state index in [1.807, 2.05) is 30.3 Å². The number of carbonyl (C=O) groups excluding carboxylic acids is 3. The molecule has 0 saturated heterocycles. The fourth-order valence-electron chi connectivity index (χ4n) is 2.69. The highest BCUT2D eigenvalue weighted by Gasteiger charge is 2.20. The highest BCUT2D eigenvalue weighted by molar-refractivity contribution is 5.90. The molecule has 2 rings (SSSR count). The monoisotopic (exact) mass is 499 g/mol. The number of rotatable bonds is 8. The predicted octanol–water partition coefficient (Wildman–Crippen LogP) is 4.92. The Morgan fingerprint density at radius 1 is 0.833 bits per heavy atom. The SMILES string of the molecule is CC(C)(C)OC(=O)CCC(=O)OC(C)(C)C.NC(=O)/C=C/c1cccc(OCc2ccccc2)c1O. The fourth-order valence-corrected chi connectivity index (χ4v) is 2.69. The van der Waals surface area contributed by atoms with Gasteiger partial charge in [0.1, 0.15) is 17.8 Å². The van der Waals surface area contributed by atoms with Crippen molar-refractivity contribution in [2.24, 2.45) is 5.73 Å². The average molecular weight is 500 g/mol. The molecule has 0 atom stereocenters. The van der Waals surface area contributed by atoms with E-state index in [1.54, 1.807) is 59.7 Å². The minimum absolute atomic E-state index is 0.0130. The average Bonchev–Trinajstić information content (AvgIpc) is 2.75. The van der Waals surface area contributed by atoms with Crippen LogP contribution in [-0.4, -0.2) is 34.2 Å². The van der Waals surface area contributed by atoms with E-state index in [9.17, 15) is 19.5 Å². The molecule has 0 saturated carbocycles. The maximum Gasteiger partial charge on any atom is 0.306 e. The standard InChI is InChI=1S/C16H15NO3.C12H22O4/c17-15(18)10-9-13-7-4-8-14(16(13)19)20-11-12-5-2-1-3-6-12;1-11(2,3)15-9(13)7-8-10(14)16-12(4,5)6/h1-10,19H,11H2,(H2,17,18);7-8H2,1-6H3/b10-9+;. The molecule has 0 aliphatic heterocycles. The van der Waals surface area contributed by atoms with Gasteiger partial charge in [-0.2, -0.15) is 0 Å². The van der Waals surface area contributed by atoms with E-state index >= 15 is 0 Å². The van der Waals surface area contributed by atoms with Crippen LogP contribution in [0.5, 0.6) is 11.5 Å². The number of phenols is 1. The summed E-state index contributed by atoms with van der Waals surface area (Å²) in [5, 5.41) is 10.1. The van der Waals surface area contributed by atoms with Crippen molar-refractivity contribution in [3.63, 3.8) is 0 Å². The van der Waals surface area contributed by atoms with Crippen molar-refractivity contribution in [1.82, 2.24) is 0 Å². The summed E-state index contributed by atoms with van der Waals surface area (Å²) in [6.07, 6.45) is 2.77. The number of aromatic hydroxyl groups is 1. The van der Waals surface area contributed by atoms with Gasteiger partial charge in [-0.25, -0.2) is 0 Å². The van der Waals surface area contributed by atoms with Crippen LogP contribution in [0.4, 0.5) is 0 Å². The van der Waals surface area contributed by atoms with E-state index in [0.29, 0.717) is 17.9 Å². The van der Waals surface area contributed by atoms with Crippen LogP contribution in [0.2, 0.25) is 0 Å². The van der Waals surface area contributed by atoms with E-state index in [2.05, 4.69) is 0 Å². The van der Waals surface area contributed by atoms with Crippen LogP contribution < -0.4 is 10.5 Å². The van der Waals surface area contributed by atoms with Gasteiger partial charge in [-0.1, -0.05) is 42.5 Å². The third kappa shape index (κ3) is 13.8. The number of hydrogen-bond acceptors (Lipinski definition) is 7. The lowest BCUT2D eigenvalue weighted by Crippen LogP contribution is -2.26. The lowest BCUT2D eigenvalue weighted by Gasteiger charge is -2.21. The van der Waals surface area contributed by atoms with Crippen molar-refractivity contribution >= 4 is 23.9 Å². The number of hydrogen-bond donors (Lipinski definition) is 2. The minimum atomic E-state index is -0.569. The number of ether oxygens (including phenoxy) is 3. The molecule has 2 aromatic rings. The predicted molar refractivity (Wildman–Crippen MR) is 138 cm³/mol. The van der Waals surface area contributed by atoms with Crippen LogP contribution in [0.3, 0.4) is 0 Å². The smallest absolute Gasteiger partial charge is 0.306 e. The zero-order valence-electron chi connectivity index (χ0n) is 21.9. The van der Waals surface area contributed by atoms with E-state index in [0.717, 1.165) is 5.56 Å². The second kappa shape index (κ2) is 13.9. The molecule has 8 nitrogen and oxygen atoms in total. The van der Waals surface area contributed by atoms with Crippen molar-refractivity contribution in [3.8, 4) is 11.5 Å². The molecule has 0 heterocycles. The highest BCUT2D eigenvalue weighted by Crippen LogP contribution is 2.31. The van der Waals surface area contributed by atoms with E-state index in [1.165, 1.54) is 12.2 Å². The molecule has 0 aliphatic rings. The normalized spacial score (nSPS) is 11.3. The Hall–Kier alpha value is -3.81. The van der Waals surface area contributed by atoms with Crippen LogP contribution in [0, 0.1) is 0 Å². The first-order valence-electron chi connectivity index (χ1n) is 11.6. The van der Waals surface area contributed by atoms with Crippen molar-refractivity contribution in [2.75, 3.05) is 0 Å². The van der Waals surface area contributed by atoms with Gasteiger partial charge in [-0.15, -0.1) is 0 Å². The topological polar surface area (TPSA) is 125 Å². The molecule has 0 bridgehead atoms. The molecule has 0 unspecified atom stereocenters. The number of phenolic OH excluding ortho intramolecular Hbond substituents is 1. The molecule has 196 valence electrons. The van der Waals surface area contributed by atoms with Gasteiger partial charge in [0.25, 0.3) is 0 Å². The molecule has 2 aromatic carbocycles. The summed E-state index contributed by atoms with van der Waals surface area (Å²) in [4.78, 5) is 33.3. The fraction of sp³-hybridized carbons (Fsp3) is 0.393. The lowest BCUT2D eigenvalue weighted by atomic mass is 10.1. The summed E-state index contributed by atoms with van der Waals surface area (Å²) in [6, 6.07) is 14.7. The van der Waals surface area contributed by atoms with Crippen LogP contribution in [-0.2, 0) is 30.5 Å². The zero-order valence-corrected chi connectivity index (χ0v) is 21.9. The molecule has 0 radical (unpaired) electrons. The Labute approximate surface area is 213 Å². The summed E-state index contributed by atoms with van der Waals surface area (Å²) in [6.45, 7) is 11.1. The molecule has 3 N–H and O–H groups in total. The molecule has 36 heavy (non-hydrogen) atoms. The third-order valence-corrected chi connectivity index (χ3v) is 4.07. The van der Waals surface area contributed by atoms with Crippen molar-refractivity contribution < 1.29 is 33.7 Å². The van der Waals surface area contributed by atoms with Gasteiger partial charge < -0.3 is 25.1 Å². The number of para-hydroxylation sites is 1. The number of amides is 1. The zero-order chi connectivity index (χ0) is 27.4. The molecule has 1 amide bonds. The van der Waals surface area contributed by atoms with E-state index < -0.39 is 17.1 Å². The molecule has 0 aliphatic carbocycles. The molecule has 0 aromatic heterocycles. The van der Waals surface area contributed by atoms with Crippen molar-refractivity contribution in [2.45, 2.75) is 72.2 Å². The van der Waals surface area contributed by atoms with Gasteiger partial charge in [0.15, 0.2) is 11.5 Å². The first-order chi connectivity index (χ1) is 16.7. The maximum absolute atomic E-state index is 11.3. The number of nitrogens with two attached hydrogens (primary N) is 1. The van der Waals surface area contributed by atoms with Crippen LogP contribution in [0.15, 0.2) is 54.6 Å². The summed E-state index contributed by atoms with van der Waals surface area (Å²) in [7, 11) is 0. The quantitative estimate of drug-likeness (QED) is 0.390. The van der Waals surface area contributed by atoms with Crippen molar-refractivity contribution in [1.29, 1.82) is 0 Å². The second-order valence-electron chi connectivity index (χ2n) is 9.88. The van der Waals surface area contributed by atoms with Gasteiger partial charge in [0.05, 0.1) is 12.8 Å². The second-order valence-corrected chi connectivity index (χ2v) is 9.88. The molecule has 0 fully saturated rings. The third-order valence-electron chi connectivity index (χ3n) is 4.07. The Bertz CT molecular complexity index is 1000. The maximum atomic E-state index is 11.3. The summed E-state index contributed by atoms with van der Waals surface area (Å²) >= 11 is 0. The van der Waals surface area contributed by atoms with Crippen LogP contribution >= 0.6 is 0 Å². The molecule has 0 spiro atoms. The first-order valence-corrected chi connectivity index (χ1v) is 11.6. The Balaban J connectivity index is 0.000000371. The highest BCUT2D eigenvalue weighted by atomic mass is 16.6. The minimum Gasteiger partial charge on any atom is -0.504 e. The van der Waals surface area contributed by atoms with Gasteiger partial charge >= 0.3 is 11.9 Å². The van der Waals surface area contributed by atoms with E-state index in [-0.39, 0.29) is 30.5 Å². The van der Waals surface area contributed by atoms with Crippen molar-refractivity contribution in [3.05, 3.63) is 65.7 Å². The number of benzene rings is 2.